The van der Waals surface area contributed by atoms with Crippen molar-refractivity contribution >= 4 is 58.2 Å². The highest BCUT2D eigenvalue weighted by molar-refractivity contribution is 8.18. The Balaban J connectivity index is 1.50. The average Bonchev–Trinajstić information content (AvgIpc) is 3.50. The van der Waals surface area contributed by atoms with E-state index in [4.69, 9.17) is 10.7 Å². The van der Waals surface area contributed by atoms with Crippen LogP contribution in [0.1, 0.15) is 31.2 Å². The molecule has 6 nitrogen and oxygen atoms in total. The van der Waals surface area contributed by atoms with Crippen molar-refractivity contribution in [1.82, 2.24) is 4.90 Å². The Morgan fingerprint density at radius 1 is 1.11 bits per heavy atom. The molecule has 1 saturated heterocycles. The highest BCUT2D eigenvalue weighted by Crippen LogP contribution is 2.38. The van der Waals surface area contributed by atoms with Gasteiger partial charge in [-0.25, -0.2) is 4.99 Å². The number of aliphatic imine (C=N–C) groups is 1. The first-order valence-corrected chi connectivity index (χ1v) is 13.8. The van der Waals surface area contributed by atoms with E-state index in [0.29, 0.717) is 28.3 Å². The molecule has 0 spiro atoms. The fourth-order valence-corrected chi connectivity index (χ4v) is 5.98. The van der Waals surface area contributed by atoms with Crippen LogP contribution in [0.25, 0.3) is 0 Å². The van der Waals surface area contributed by atoms with Crippen LogP contribution >= 0.6 is 24.4 Å². The molecule has 0 atom stereocenters. The number of amides is 1. The van der Waals surface area contributed by atoms with Gasteiger partial charge < -0.3 is 16.0 Å². The van der Waals surface area contributed by atoms with Gasteiger partial charge in [-0.05, 0) is 60.5 Å². The molecule has 5 rings (SSSR count). The Labute approximate surface area is 228 Å². The van der Waals surface area contributed by atoms with Crippen molar-refractivity contribution in [3.05, 3.63) is 89.5 Å². The number of nitrogens with two attached hydrogens (primary N) is 1. The van der Waals surface area contributed by atoms with Crippen molar-refractivity contribution in [3.63, 3.8) is 0 Å². The lowest BCUT2D eigenvalue weighted by Crippen LogP contribution is -2.29. The number of thioether (sulfide) groups is 1. The zero-order valence-electron chi connectivity index (χ0n) is 20.8. The molecule has 1 saturated carbocycles. The van der Waals surface area contributed by atoms with Gasteiger partial charge in [-0.2, -0.15) is 0 Å². The summed E-state index contributed by atoms with van der Waals surface area (Å²) in [4.78, 5) is 23.8. The van der Waals surface area contributed by atoms with Gasteiger partial charge in [-0.1, -0.05) is 55.3 Å². The molecule has 0 aromatic heterocycles. The molecule has 0 bridgehead atoms. The second-order valence-electron chi connectivity index (χ2n) is 9.37. The van der Waals surface area contributed by atoms with Gasteiger partial charge in [-0.15, -0.1) is 12.6 Å². The third kappa shape index (κ3) is 5.97. The van der Waals surface area contributed by atoms with Crippen molar-refractivity contribution in [3.8, 4) is 0 Å². The minimum atomic E-state index is -0.0784. The molecule has 2 fully saturated rings. The van der Waals surface area contributed by atoms with Gasteiger partial charge in [0.25, 0.3) is 5.91 Å². The number of nitrogen functional groups attached to an aromatic ring is 1. The first kappa shape index (κ1) is 25.3. The maximum absolute atomic E-state index is 13.7. The number of carbonyl (C=O) groups is 1. The summed E-state index contributed by atoms with van der Waals surface area (Å²) in [6.45, 7) is 0.434. The SMILES string of the molecule is CN(/C=C1/SC(=Nc2cc(N)ccc2NC2CCCC2)N(Cc2ccccc2)C1=O)c1ccccc1S. The van der Waals surface area contributed by atoms with Gasteiger partial charge >= 0.3 is 0 Å². The molecule has 2 aliphatic rings. The molecule has 3 N–H and O–H groups in total. The topological polar surface area (TPSA) is 74.0 Å². The Hall–Kier alpha value is -3.36. The summed E-state index contributed by atoms with van der Waals surface area (Å²) in [5.41, 5.74) is 10.4. The molecular formula is C29H31N5OS2. The Kier molecular flexibility index (Phi) is 7.76. The number of rotatable bonds is 7. The first-order valence-electron chi connectivity index (χ1n) is 12.5. The number of hydrogen-bond acceptors (Lipinski definition) is 7. The maximum Gasteiger partial charge on any atom is 0.268 e. The van der Waals surface area contributed by atoms with Crippen molar-refractivity contribution < 1.29 is 4.79 Å². The van der Waals surface area contributed by atoms with Crippen LogP contribution in [0.3, 0.4) is 0 Å². The molecule has 1 aliphatic heterocycles. The van der Waals surface area contributed by atoms with Crippen LogP contribution in [0.5, 0.6) is 0 Å². The normalized spacial score (nSPS) is 18.2. The Morgan fingerprint density at radius 2 is 1.84 bits per heavy atom. The third-order valence-electron chi connectivity index (χ3n) is 6.60. The predicted molar refractivity (Wildman–Crippen MR) is 159 cm³/mol. The number of hydrogen-bond donors (Lipinski definition) is 3. The van der Waals surface area contributed by atoms with Crippen LogP contribution in [-0.4, -0.2) is 29.1 Å². The lowest BCUT2D eigenvalue weighted by molar-refractivity contribution is -0.122. The maximum atomic E-state index is 13.7. The van der Waals surface area contributed by atoms with E-state index in [-0.39, 0.29) is 5.91 Å². The summed E-state index contributed by atoms with van der Waals surface area (Å²) in [6.07, 6.45) is 6.64. The number of anilines is 3. The summed E-state index contributed by atoms with van der Waals surface area (Å²) >= 11 is 5.96. The third-order valence-corrected chi connectivity index (χ3v) is 7.97. The van der Waals surface area contributed by atoms with E-state index in [1.807, 2.05) is 90.9 Å². The van der Waals surface area contributed by atoms with Gasteiger partial charge in [0.2, 0.25) is 0 Å². The van der Waals surface area contributed by atoms with Crippen LogP contribution in [0, 0.1) is 0 Å². The van der Waals surface area contributed by atoms with Crippen molar-refractivity contribution in [2.75, 3.05) is 23.0 Å². The van der Waals surface area contributed by atoms with Crippen molar-refractivity contribution in [2.24, 2.45) is 4.99 Å². The monoisotopic (exact) mass is 529 g/mol. The zero-order valence-corrected chi connectivity index (χ0v) is 22.5. The highest BCUT2D eigenvalue weighted by Gasteiger charge is 2.34. The molecule has 0 unspecified atom stereocenters. The van der Waals surface area contributed by atoms with Crippen LogP contribution < -0.4 is 16.0 Å². The number of nitrogens with zero attached hydrogens (tertiary/aromatic N) is 3. The molecule has 190 valence electrons. The van der Waals surface area contributed by atoms with E-state index in [9.17, 15) is 4.79 Å². The minimum absolute atomic E-state index is 0.0784. The van der Waals surface area contributed by atoms with E-state index in [2.05, 4.69) is 17.9 Å². The summed E-state index contributed by atoms with van der Waals surface area (Å²) in [7, 11) is 1.92. The van der Waals surface area contributed by atoms with Gasteiger partial charge in [-0.3, -0.25) is 9.69 Å². The Morgan fingerprint density at radius 3 is 2.59 bits per heavy atom. The van der Waals surface area contributed by atoms with Crippen LogP contribution in [0.2, 0.25) is 0 Å². The van der Waals surface area contributed by atoms with E-state index in [0.717, 1.165) is 40.4 Å². The summed E-state index contributed by atoms with van der Waals surface area (Å²) in [5.74, 6) is -0.0784. The summed E-state index contributed by atoms with van der Waals surface area (Å²) in [5, 5.41) is 4.28. The molecule has 8 heteroatoms. The first-order chi connectivity index (χ1) is 18.0. The van der Waals surface area contributed by atoms with Crippen LogP contribution in [0.15, 0.2) is 93.8 Å². The lowest BCUT2D eigenvalue weighted by Gasteiger charge is -2.18. The van der Waals surface area contributed by atoms with Gasteiger partial charge in [0.15, 0.2) is 5.17 Å². The fraction of sp³-hybridized carbons (Fsp3) is 0.241. The van der Waals surface area contributed by atoms with Crippen LogP contribution in [-0.2, 0) is 11.3 Å². The van der Waals surface area contributed by atoms with Crippen molar-refractivity contribution in [1.29, 1.82) is 0 Å². The lowest BCUT2D eigenvalue weighted by atomic mass is 10.2. The quantitative estimate of drug-likeness (QED) is 0.181. The number of carbonyl (C=O) groups excluding carboxylic acids is 1. The Bertz CT molecular complexity index is 1340. The number of para-hydroxylation sites is 1. The summed E-state index contributed by atoms with van der Waals surface area (Å²) in [6, 6.07) is 24.0. The molecule has 1 aliphatic carbocycles. The van der Waals surface area contributed by atoms with E-state index in [1.54, 1.807) is 4.90 Å². The molecule has 1 heterocycles. The molecule has 37 heavy (non-hydrogen) atoms. The van der Waals surface area contributed by atoms with Crippen molar-refractivity contribution in [2.45, 2.75) is 43.2 Å². The molecule has 3 aromatic carbocycles. The van der Waals surface area contributed by atoms with Gasteiger partial charge in [0, 0.05) is 29.9 Å². The minimum Gasteiger partial charge on any atom is -0.399 e. The van der Waals surface area contributed by atoms with E-state index >= 15 is 0 Å². The molecule has 3 aromatic rings. The second-order valence-corrected chi connectivity index (χ2v) is 10.9. The number of amidine groups is 1. The number of thiol groups is 1. The highest BCUT2D eigenvalue weighted by atomic mass is 32.2. The molecule has 0 radical (unpaired) electrons. The fourth-order valence-electron chi connectivity index (χ4n) is 4.65. The average molecular weight is 530 g/mol. The smallest absolute Gasteiger partial charge is 0.268 e. The zero-order chi connectivity index (χ0) is 25.8. The van der Waals surface area contributed by atoms with E-state index in [1.165, 1.54) is 24.6 Å². The molecule has 1 amide bonds. The molecular weight excluding hydrogens is 498 g/mol. The predicted octanol–water partition coefficient (Wildman–Crippen LogP) is 6.65. The number of nitrogens with one attached hydrogen (secondary N) is 1. The van der Waals surface area contributed by atoms with Crippen LogP contribution in [0.4, 0.5) is 22.7 Å². The summed E-state index contributed by atoms with van der Waals surface area (Å²) < 4.78 is 0. The van der Waals surface area contributed by atoms with Gasteiger partial charge in [0.1, 0.15) is 0 Å². The van der Waals surface area contributed by atoms with E-state index < -0.39 is 0 Å². The van der Waals surface area contributed by atoms with Gasteiger partial charge in [0.05, 0.1) is 28.5 Å². The largest absolute Gasteiger partial charge is 0.399 e. The number of benzene rings is 3. The second kappa shape index (κ2) is 11.4. The standard InChI is InChI=1S/C29H31N5OS2/c1-33(25-13-7-8-14-26(25)36)19-27-28(35)34(18-20-9-3-2-4-10-20)29(37-27)32-24-17-21(30)15-16-23(24)31-22-11-5-6-12-22/h2-4,7-10,13-17,19,22,31,36H,5-6,11-12,18,30H2,1H3/b27-19+,32-29?.